The van der Waals surface area contributed by atoms with Crippen LogP contribution in [0.1, 0.15) is 11.1 Å². The van der Waals surface area contributed by atoms with Gasteiger partial charge >= 0.3 is 6.18 Å². The second-order valence-electron chi connectivity index (χ2n) is 5.60. The van der Waals surface area contributed by atoms with Crippen molar-refractivity contribution in [2.45, 2.75) is 12.6 Å². The predicted octanol–water partition coefficient (Wildman–Crippen LogP) is 5.80. The maximum Gasteiger partial charge on any atom is 0.417 e. The molecule has 25 heavy (non-hydrogen) atoms. The molecular formula is C19H13BrF3NO. The van der Waals surface area contributed by atoms with Crippen molar-refractivity contribution < 1.29 is 18.0 Å². The summed E-state index contributed by atoms with van der Waals surface area (Å²) in [7, 11) is 0. The van der Waals surface area contributed by atoms with Crippen molar-refractivity contribution in [1.82, 2.24) is 0 Å². The Morgan fingerprint density at radius 2 is 1.68 bits per heavy atom. The summed E-state index contributed by atoms with van der Waals surface area (Å²) in [4.78, 5) is 12.2. The van der Waals surface area contributed by atoms with Gasteiger partial charge in [-0.15, -0.1) is 0 Å². The van der Waals surface area contributed by atoms with Gasteiger partial charge in [-0.2, -0.15) is 13.2 Å². The predicted molar refractivity (Wildman–Crippen MR) is 95.4 cm³/mol. The maximum absolute atomic E-state index is 12.9. The molecule has 0 saturated carbocycles. The molecule has 0 atom stereocenters. The molecule has 3 rings (SSSR count). The first kappa shape index (κ1) is 17.5. The zero-order valence-corrected chi connectivity index (χ0v) is 14.5. The third kappa shape index (κ3) is 4.20. The molecule has 0 fully saturated rings. The van der Waals surface area contributed by atoms with Crippen LogP contribution in [-0.4, -0.2) is 5.91 Å². The largest absolute Gasteiger partial charge is 0.417 e. The van der Waals surface area contributed by atoms with Crippen LogP contribution < -0.4 is 5.32 Å². The van der Waals surface area contributed by atoms with Crippen molar-refractivity contribution in [2.75, 3.05) is 5.32 Å². The third-order valence-electron chi connectivity index (χ3n) is 3.73. The van der Waals surface area contributed by atoms with Crippen LogP contribution in [0.15, 0.2) is 65.1 Å². The quantitative estimate of drug-likeness (QED) is 0.583. The van der Waals surface area contributed by atoms with Crippen LogP contribution in [0.4, 0.5) is 18.9 Å². The fraction of sp³-hybridized carbons (Fsp3) is 0.105. The van der Waals surface area contributed by atoms with Crippen LogP contribution in [0.2, 0.25) is 0 Å². The molecule has 0 spiro atoms. The zero-order chi connectivity index (χ0) is 18.0. The molecule has 0 saturated heterocycles. The lowest BCUT2D eigenvalue weighted by molar-refractivity contribution is -0.138. The van der Waals surface area contributed by atoms with Crippen molar-refractivity contribution in [3.63, 3.8) is 0 Å². The van der Waals surface area contributed by atoms with Gasteiger partial charge in [-0.25, -0.2) is 0 Å². The van der Waals surface area contributed by atoms with E-state index < -0.39 is 11.7 Å². The molecule has 0 aromatic heterocycles. The molecule has 6 heteroatoms. The van der Waals surface area contributed by atoms with Gasteiger partial charge in [0.05, 0.1) is 12.0 Å². The van der Waals surface area contributed by atoms with Gasteiger partial charge in [0, 0.05) is 10.2 Å². The summed E-state index contributed by atoms with van der Waals surface area (Å²) >= 11 is 2.88. The summed E-state index contributed by atoms with van der Waals surface area (Å²) in [5.74, 6) is -0.370. The van der Waals surface area contributed by atoms with E-state index in [2.05, 4.69) is 21.2 Å². The maximum atomic E-state index is 12.9. The lowest BCUT2D eigenvalue weighted by Gasteiger charge is -2.12. The van der Waals surface area contributed by atoms with Crippen LogP contribution in [0.5, 0.6) is 0 Å². The topological polar surface area (TPSA) is 29.1 Å². The van der Waals surface area contributed by atoms with Crippen LogP contribution in [-0.2, 0) is 17.4 Å². The molecule has 0 aliphatic rings. The fourth-order valence-corrected chi connectivity index (χ4v) is 3.03. The SMILES string of the molecule is O=C(Cc1ccc2ccccc2c1)Nc1ccc(Br)c(C(F)(F)F)c1. The van der Waals surface area contributed by atoms with Gasteiger partial charge in [0.2, 0.25) is 5.91 Å². The molecule has 2 nitrogen and oxygen atoms in total. The average molecular weight is 408 g/mol. The Morgan fingerprint density at radius 1 is 0.960 bits per heavy atom. The summed E-state index contributed by atoms with van der Waals surface area (Å²) in [6.07, 6.45) is -4.40. The van der Waals surface area contributed by atoms with Crippen LogP contribution in [0, 0.1) is 0 Å². The highest BCUT2D eigenvalue weighted by Gasteiger charge is 2.33. The number of rotatable bonds is 3. The Morgan fingerprint density at radius 3 is 2.40 bits per heavy atom. The number of hydrogen-bond acceptors (Lipinski definition) is 1. The average Bonchev–Trinajstić information content (AvgIpc) is 2.55. The Bertz CT molecular complexity index is 937. The minimum Gasteiger partial charge on any atom is -0.326 e. The number of carbonyl (C=O) groups excluding carboxylic acids is 1. The van der Waals surface area contributed by atoms with E-state index in [1.807, 2.05) is 42.5 Å². The number of carbonyl (C=O) groups is 1. The second-order valence-corrected chi connectivity index (χ2v) is 6.45. The molecule has 0 bridgehead atoms. The molecule has 0 aliphatic carbocycles. The van der Waals surface area contributed by atoms with Gasteiger partial charge in [0.25, 0.3) is 0 Å². The molecule has 3 aromatic carbocycles. The van der Waals surface area contributed by atoms with Gasteiger partial charge in [-0.1, -0.05) is 58.4 Å². The van der Waals surface area contributed by atoms with Crippen LogP contribution in [0.25, 0.3) is 10.8 Å². The summed E-state index contributed by atoms with van der Waals surface area (Å²) < 4.78 is 38.7. The summed E-state index contributed by atoms with van der Waals surface area (Å²) in [6.45, 7) is 0. The molecular weight excluding hydrogens is 395 g/mol. The number of hydrogen-bond donors (Lipinski definition) is 1. The molecule has 1 N–H and O–H groups in total. The van der Waals surface area contributed by atoms with E-state index in [9.17, 15) is 18.0 Å². The molecule has 0 unspecified atom stereocenters. The number of amides is 1. The standard InChI is InChI=1S/C19H13BrF3NO/c20-17-8-7-15(11-16(17)19(21,22)23)24-18(25)10-12-5-6-13-3-1-2-4-14(13)9-12/h1-9,11H,10H2,(H,24,25). The number of benzene rings is 3. The molecule has 128 valence electrons. The van der Waals surface area contributed by atoms with Crippen molar-refractivity contribution in [3.8, 4) is 0 Å². The monoisotopic (exact) mass is 407 g/mol. The third-order valence-corrected chi connectivity index (χ3v) is 4.43. The minimum atomic E-state index is -4.49. The Kier molecular flexibility index (Phi) is 4.81. The minimum absolute atomic E-state index is 0.0625. The van der Waals surface area contributed by atoms with Gasteiger partial charge in [0.15, 0.2) is 0 Å². The molecule has 1 amide bonds. The summed E-state index contributed by atoms with van der Waals surface area (Å²) in [5.41, 5.74) is 0.0849. The van der Waals surface area contributed by atoms with E-state index in [0.717, 1.165) is 22.4 Å². The molecule has 0 radical (unpaired) electrons. The summed E-state index contributed by atoms with van der Waals surface area (Å²) in [6, 6.07) is 17.0. The smallest absolute Gasteiger partial charge is 0.326 e. The Balaban J connectivity index is 1.76. The summed E-state index contributed by atoms with van der Waals surface area (Å²) in [5, 5.41) is 4.59. The highest BCUT2D eigenvalue weighted by Crippen LogP contribution is 2.36. The van der Waals surface area contributed by atoms with Crippen molar-refractivity contribution in [3.05, 3.63) is 76.3 Å². The van der Waals surface area contributed by atoms with Gasteiger partial charge in [-0.05, 0) is 34.5 Å². The van der Waals surface area contributed by atoms with E-state index in [4.69, 9.17) is 0 Å². The Hall–Kier alpha value is -2.34. The number of fused-ring (bicyclic) bond motifs is 1. The highest BCUT2D eigenvalue weighted by molar-refractivity contribution is 9.10. The zero-order valence-electron chi connectivity index (χ0n) is 12.9. The first-order valence-electron chi connectivity index (χ1n) is 7.47. The van der Waals surface area contributed by atoms with E-state index >= 15 is 0 Å². The van der Waals surface area contributed by atoms with Gasteiger partial charge in [-0.3, -0.25) is 4.79 Å². The lowest BCUT2D eigenvalue weighted by atomic mass is 10.0. The fourth-order valence-electron chi connectivity index (χ4n) is 2.56. The number of anilines is 1. The number of nitrogens with one attached hydrogen (secondary N) is 1. The second kappa shape index (κ2) is 6.88. The Labute approximate surface area is 150 Å². The van der Waals surface area contributed by atoms with E-state index in [-0.39, 0.29) is 22.5 Å². The van der Waals surface area contributed by atoms with Crippen molar-refractivity contribution in [2.24, 2.45) is 0 Å². The van der Waals surface area contributed by atoms with E-state index in [1.165, 1.54) is 12.1 Å². The van der Waals surface area contributed by atoms with Crippen LogP contribution in [0.3, 0.4) is 0 Å². The highest BCUT2D eigenvalue weighted by atomic mass is 79.9. The molecule has 3 aromatic rings. The van der Waals surface area contributed by atoms with Gasteiger partial charge in [0.1, 0.15) is 0 Å². The van der Waals surface area contributed by atoms with Crippen molar-refractivity contribution >= 4 is 38.3 Å². The number of alkyl halides is 3. The number of halogens is 4. The van der Waals surface area contributed by atoms with E-state index in [0.29, 0.717) is 0 Å². The van der Waals surface area contributed by atoms with Gasteiger partial charge < -0.3 is 5.32 Å². The van der Waals surface area contributed by atoms with Crippen LogP contribution >= 0.6 is 15.9 Å². The normalized spacial score (nSPS) is 11.5. The van der Waals surface area contributed by atoms with E-state index in [1.54, 1.807) is 0 Å². The molecule has 0 aliphatic heterocycles. The molecule has 0 heterocycles. The first-order chi connectivity index (χ1) is 11.8. The van der Waals surface area contributed by atoms with Crippen molar-refractivity contribution in [1.29, 1.82) is 0 Å². The lowest BCUT2D eigenvalue weighted by Crippen LogP contribution is -2.15. The first-order valence-corrected chi connectivity index (χ1v) is 8.26.